The zero-order chi connectivity index (χ0) is 16.9. The first-order valence-electron chi connectivity index (χ1n) is 7.19. The zero-order valence-corrected chi connectivity index (χ0v) is 14.0. The van der Waals surface area contributed by atoms with Crippen molar-refractivity contribution in [2.75, 3.05) is 12.9 Å². The predicted octanol–water partition coefficient (Wildman–Crippen LogP) is 3.12. The lowest BCUT2D eigenvalue weighted by atomic mass is 10.1. The van der Waals surface area contributed by atoms with Crippen molar-refractivity contribution in [1.29, 1.82) is 0 Å². The number of aliphatic hydroxyl groups excluding tert-OH is 1. The fourth-order valence-corrected chi connectivity index (χ4v) is 3.17. The molecule has 2 rings (SSSR count). The average molecular weight is 332 g/mol. The van der Waals surface area contributed by atoms with Gasteiger partial charge in [0.05, 0.1) is 19.0 Å². The maximum atomic E-state index is 12.1. The van der Waals surface area contributed by atoms with E-state index in [2.05, 4.69) is 0 Å². The van der Waals surface area contributed by atoms with Gasteiger partial charge in [-0.15, -0.1) is 0 Å². The summed E-state index contributed by atoms with van der Waals surface area (Å²) in [6.07, 6.45) is 0.470. The first-order chi connectivity index (χ1) is 10.9. The molecule has 5 heteroatoms. The van der Waals surface area contributed by atoms with E-state index in [1.54, 1.807) is 43.5 Å². The Morgan fingerprint density at radius 3 is 2.26 bits per heavy atom. The molecule has 0 heterocycles. The van der Waals surface area contributed by atoms with E-state index in [4.69, 9.17) is 4.74 Å². The molecule has 1 N–H and O–H groups in total. The van der Waals surface area contributed by atoms with E-state index in [0.29, 0.717) is 11.3 Å². The summed E-state index contributed by atoms with van der Waals surface area (Å²) < 4.78 is 29.3. The monoisotopic (exact) mass is 332 g/mol. The lowest BCUT2D eigenvalue weighted by Crippen LogP contribution is -2.12. The highest BCUT2D eigenvalue weighted by Crippen LogP contribution is 2.18. The summed E-state index contributed by atoms with van der Waals surface area (Å²) in [6, 6.07) is 14.2. The molecule has 0 spiro atoms. The molecule has 0 fully saturated rings. The van der Waals surface area contributed by atoms with Gasteiger partial charge in [-0.1, -0.05) is 42.0 Å². The fourth-order valence-electron chi connectivity index (χ4n) is 2.06. The van der Waals surface area contributed by atoms with Crippen LogP contribution in [0.3, 0.4) is 0 Å². The second kappa shape index (κ2) is 7.44. The van der Waals surface area contributed by atoms with Crippen molar-refractivity contribution in [1.82, 2.24) is 0 Å². The molecule has 1 atom stereocenters. The Hall–Kier alpha value is -2.11. The molecule has 122 valence electrons. The van der Waals surface area contributed by atoms with Gasteiger partial charge in [0, 0.05) is 5.41 Å². The number of methoxy groups -OCH3 is 1. The van der Waals surface area contributed by atoms with Crippen LogP contribution in [0.4, 0.5) is 0 Å². The van der Waals surface area contributed by atoms with E-state index in [1.807, 2.05) is 19.1 Å². The summed E-state index contributed by atoms with van der Waals surface area (Å²) >= 11 is 0. The van der Waals surface area contributed by atoms with Gasteiger partial charge in [-0.25, -0.2) is 8.42 Å². The molecule has 2 aromatic carbocycles. The molecule has 1 unspecified atom stereocenters. The number of ether oxygens (including phenoxy) is 1. The second-order valence-electron chi connectivity index (χ2n) is 5.33. The van der Waals surface area contributed by atoms with Crippen LogP contribution in [-0.2, 0) is 9.84 Å². The van der Waals surface area contributed by atoms with E-state index in [1.165, 1.54) is 6.08 Å². The number of rotatable bonds is 6. The third kappa shape index (κ3) is 5.23. The quantitative estimate of drug-likeness (QED) is 0.883. The van der Waals surface area contributed by atoms with Gasteiger partial charge in [-0.05, 0) is 36.3 Å². The van der Waals surface area contributed by atoms with Gasteiger partial charge in [0.15, 0.2) is 9.84 Å². The van der Waals surface area contributed by atoms with Crippen molar-refractivity contribution in [2.45, 2.75) is 13.0 Å². The predicted molar refractivity (Wildman–Crippen MR) is 92.0 cm³/mol. The Bertz CT molecular complexity index is 760. The van der Waals surface area contributed by atoms with E-state index < -0.39 is 15.9 Å². The maximum absolute atomic E-state index is 12.1. The third-order valence-electron chi connectivity index (χ3n) is 3.44. The lowest BCUT2D eigenvalue weighted by Gasteiger charge is -2.10. The van der Waals surface area contributed by atoms with Gasteiger partial charge >= 0.3 is 0 Å². The van der Waals surface area contributed by atoms with Crippen LogP contribution in [0.15, 0.2) is 53.9 Å². The van der Waals surface area contributed by atoms with Crippen LogP contribution in [0, 0.1) is 6.92 Å². The molecule has 4 nitrogen and oxygen atoms in total. The molecular weight excluding hydrogens is 312 g/mol. The normalized spacial score (nSPS) is 13.2. The Morgan fingerprint density at radius 1 is 1.09 bits per heavy atom. The molecule has 2 aromatic rings. The molecule has 0 saturated heterocycles. The van der Waals surface area contributed by atoms with Gasteiger partial charge in [0.1, 0.15) is 5.75 Å². The Kier molecular flexibility index (Phi) is 5.58. The molecule has 0 saturated carbocycles. The van der Waals surface area contributed by atoms with Crippen LogP contribution < -0.4 is 4.74 Å². The van der Waals surface area contributed by atoms with Crippen LogP contribution >= 0.6 is 0 Å². The molecule has 0 aliphatic heterocycles. The second-order valence-corrected chi connectivity index (χ2v) is 7.26. The summed E-state index contributed by atoms with van der Waals surface area (Å²) in [4.78, 5) is 0. The van der Waals surface area contributed by atoms with Gasteiger partial charge in [0.2, 0.25) is 0 Å². The smallest absolute Gasteiger partial charge is 0.174 e. The maximum Gasteiger partial charge on any atom is 0.174 e. The van der Waals surface area contributed by atoms with Crippen molar-refractivity contribution in [3.05, 3.63) is 70.6 Å². The SMILES string of the molecule is COc1ccc(/C=C/S(=O)(=O)CC(O)c2ccc(C)cc2)cc1. The standard InChI is InChI=1S/C18H20O4S/c1-14-3-7-16(8-4-14)18(19)13-23(20,21)12-11-15-5-9-17(22-2)10-6-15/h3-12,18-19H,13H2,1-2H3/b12-11+. The highest BCUT2D eigenvalue weighted by Gasteiger charge is 2.16. The molecular formula is C18H20O4S. The molecule has 0 aromatic heterocycles. The first kappa shape index (κ1) is 17.2. The summed E-state index contributed by atoms with van der Waals surface area (Å²) in [5.41, 5.74) is 2.40. The van der Waals surface area contributed by atoms with Gasteiger partial charge < -0.3 is 9.84 Å². The van der Waals surface area contributed by atoms with E-state index >= 15 is 0 Å². The Morgan fingerprint density at radius 2 is 1.70 bits per heavy atom. The average Bonchev–Trinajstić information content (AvgIpc) is 2.53. The lowest BCUT2D eigenvalue weighted by molar-refractivity contribution is 0.202. The summed E-state index contributed by atoms with van der Waals surface area (Å²) in [5.74, 6) is 0.364. The fraction of sp³-hybridized carbons (Fsp3) is 0.222. The third-order valence-corrected chi connectivity index (χ3v) is 4.77. The minimum absolute atomic E-state index is 0.345. The Balaban J connectivity index is 2.05. The van der Waals surface area contributed by atoms with Crippen LogP contribution in [0.2, 0.25) is 0 Å². The van der Waals surface area contributed by atoms with Gasteiger partial charge in [0.25, 0.3) is 0 Å². The molecule has 0 aliphatic carbocycles. The molecule has 0 aliphatic rings. The Labute approximate surface area is 137 Å². The van der Waals surface area contributed by atoms with Crippen molar-refractivity contribution in [2.24, 2.45) is 0 Å². The summed E-state index contributed by atoms with van der Waals surface area (Å²) in [6.45, 7) is 1.94. The first-order valence-corrected chi connectivity index (χ1v) is 8.91. The highest BCUT2D eigenvalue weighted by molar-refractivity contribution is 7.94. The van der Waals surface area contributed by atoms with Gasteiger partial charge in [-0.3, -0.25) is 0 Å². The van der Waals surface area contributed by atoms with Gasteiger partial charge in [-0.2, -0.15) is 0 Å². The summed E-state index contributed by atoms with van der Waals surface area (Å²) in [5, 5.41) is 11.2. The molecule has 23 heavy (non-hydrogen) atoms. The minimum Gasteiger partial charge on any atom is -0.497 e. The van der Waals surface area contributed by atoms with E-state index in [9.17, 15) is 13.5 Å². The number of hydrogen-bond acceptors (Lipinski definition) is 4. The zero-order valence-electron chi connectivity index (χ0n) is 13.1. The van der Waals surface area contributed by atoms with Crippen LogP contribution in [-0.4, -0.2) is 26.4 Å². The highest BCUT2D eigenvalue weighted by atomic mass is 32.2. The molecule has 0 bridgehead atoms. The van der Waals surface area contributed by atoms with Crippen molar-refractivity contribution in [3.63, 3.8) is 0 Å². The van der Waals surface area contributed by atoms with Crippen LogP contribution in [0.25, 0.3) is 6.08 Å². The van der Waals surface area contributed by atoms with E-state index in [0.717, 1.165) is 16.5 Å². The number of hydrogen-bond donors (Lipinski definition) is 1. The van der Waals surface area contributed by atoms with Crippen molar-refractivity contribution >= 4 is 15.9 Å². The summed E-state index contributed by atoms with van der Waals surface area (Å²) in [7, 11) is -1.94. The number of aryl methyl sites for hydroxylation is 1. The number of benzene rings is 2. The topological polar surface area (TPSA) is 63.6 Å². The number of sulfone groups is 1. The van der Waals surface area contributed by atoms with Crippen molar-refractivity contribution in [3.8, 4) is 5.75 Å². The number of aliphatic hydroxyl groups is 1. The van der Waals surface area contributed by atoms with E-state index in [-0.39, 0.29) is 5.75 Å². The molecule has 0 amide bonds. The molecule has 0 radical (unpaired) electrons. The van der Waals surface area contributed by atoms with Crippen molar-refractivity contribution < 1.29 is 18.3 Å². The minimum atomic E-state index is -3.51. The largest absolute Gasteiger partial charge is 0.497 e. The van der Waals surface area contributed by atoms with Crippen LogP contribution in [0.1, 0.15) is 22.8 Å². The van der Waals surface area contributed by atoms with Crippen LogP contribution in [0.5, 0.6) is 5.75 Å².